The van der Waals surface area contributed by atoms with Crippen molar-refractivity contribution in [1.29, 1.82) is 0 Å². The van der Waals surface area contributed by atoms with Crippen molar-refractivity contribution in [3.8, 4) is 0 Å². The number of rotatable bonds is 3. The molecule has 0 radical (unpaired) electrons. The molecule has 0 saturated heterocycles. The minimum Gasteiger partial charge on any atom is -0.398 e. The molecule has 20 heavy (non-hydrogen) atoms. The summed E-state index contributed by atoms with van der Waals surface area (Å²) in [6.07, 6.45) is 1.83. The Kier molecular flexibility index (Phi) is 3.25. The van der Waals surface area contributed by atoms with Crippen LogP contribution in [0.4, 0.5) is 11.4 Å². The van der Waals surface area contributed by atoms with Crippen molar-refractivity contribution in [2.45, 2.75) is 13.5 Å². The summed E-state index contributed by atoms with van der Waals surface area (Å²) < 4.78 is 0. The molecule has 0 atom stereocenters. The Bertz CT molecular complexity index is 745. The average Bonchev–Trinajstić information content (AvgIpc) is 2.48. The predicted molar refractivity (Wildman–Crippen MR) is 84.7 cm³/mol. The second-order valence-electron chi connectivity index (χ2n) is 4.92. The number of benzene rings is 2. The zero-order chi connectivity index (χ0) is 13.9. The van der Waals surface area contributed by atoms with Crippen LogP contribution in [0.25, 0.3) is 10.9 Å². The van der Waals surface area contributed by atoms with Crippen LogP contribution in [0.3, 0.4) is 0 Å². The van der Waals surface area contributed by atoms with E-state index in [1.807, 2.05) is 37.4 Å². The summed E-state index contributed by atoms with van der Waals surface area (Å²) in [6, 6.07) is 16.3. The standard InChI is InChI=1S/C17H17N3/c1-12-7-8-15(10-16(12)18)20-11-14-5-2-4-13-6-3-9-19-17(13)14/h2-10,20H,11,18H2,1H3. The fraction of sp³-hybridized carbons (Fsp3) is 0.118. The number of aryl methyl sites for hydroxylation is 1. The maximum atomic E-state index is 5.93. The van der Waals surface area contributed by atoms with E-state index < -0.39 is 0 Å². The first-order valence-corrected chi connectivity index (χ1v) is 6.66. The van der Waals surface area contributed by atoms with Gasteiger partial charge in [0.1, 0.15) is 0 Å². The lowest BCUT2D eigenvalue weighted by molar-refractivity contribution is 1.15. The van der Waals surface area contributed by atoms with Crippen LogP contribution >= 0.6 is 0 Å². The molecule has 0 spiro atoms. The van der Waals surface area contributed by atoms with Crippen LogP contribution in [-0.2, 0) is 6.54 Å². The molecule has 2 aromatic carbocycles. The Balaban J connectivity index is 1.85. The molecule has 0 aliphatic carbocycles. The van der Waals surface area contributed by atoms with Crippen LogP contribution in [0.2, 0.25) is 0 Å². The molecule has 0 bridgehead atoms. The molecule has 3 rings (SSSR count). The van der Waals surface area contributed by atoms with Crippen molar-refractivity contribution in [2.75, 3.05) is 11.1 Å². The van der Waals surface area contributed by atoms with E-state index in [9.17, 15) is 0 Å². The summed E-state index contributed by atoms with van der Waals surface area (Å²) >= 11 is 0. The van der Waals surface area contributed by atoms with Gasteiger partial charge in [0.15, 0.2) is 0 Å². The first-order chi connectivity index (χ1) is 9.74. The molecular weight excluding hydrogens is 246 g/mol. The summed E-state index contributed by atoms with van der Waals surface area (Å²) in [7, 11) is 0. The number of aromatic nitrogens is 1. The monoisotopic (exact) mass is 263 g/mol. The van der Waals surface area contributed by atoms with Gasteiger partial charge < -0.3 is 11.1 Å². The number of anilines is 2. The molecule has 0 fully saturated rings. The minimum atomic E-state index is 0.733. The highest BCUT2D eigenvalue weighted by Gasteiger charge is 2.02. The average molecular weight is 263 g/mol. The van der Waals surface area contributed by atoms with Gasteiger partial charge in [0.25, 0.3) is 0 Å². The number of nitrogens with two attached hydrogens (primary N) is 1. The van der Waals surface area contributed by atoms with E-state index >= 15 is 0 Å². The number of nitrogens with one attached hydrogen (secondary N) is 1. The summed E-state index contributed by atoms with van der Waals surface area (Å²) in [5.74, 6) is 0. The highest BCUT2D eigenvalue weighted by atomic mass is 14.9. The molecule has 0 saturated carbocycles. The van der Waals surface area contributed by atoms with Crippen LogP contribution in [0.5, 0.6) is 0 Å². The van der Waals surface area contributed by atoms with Gasteiger partial charge in [-0.2, -0.15) is 0 Å². The number of fused-ring (bicyclic) bond motifs is 1. The minimum absolute atomic E-state index is 0.733. The normalized spacial score (nSPS) is 10.7. The van der Waals surface area contributed by atoms with Gasteiger partial charge in [0.05, 0.1) is 5.52 Å². The van der Waals surface area contributed by atoms with Gasteiger partial charge >= 0.3 is 0 Å². The smallest absolute Gasteiger partial charge is 0.0751 e. The summed E-state index contributed by atoms with van der Waals surface area (Å²) in [4.78, 5) is 4.46. The van der Waals surface area contributed by atoms with Crippen LogP contribution in [-0.4, -0.2) is 4.98 Å². The van der Waals surface area contributed by atoms with Gasteiger partial charge in [-0.3, -0.25) is 4.98 Å². The molecule has 1 aromatic heterocycles. The molecule has 0 aliphatic heterocycles. The number of hydrogen-bond acceptors (Lipinski definition) is 3. The number of nitrogen functional groups attached to an aromatic ring is 1. The van der Waals surface area contributed by atoms with E-state index in [0.717, 1.165) is 34.4 Å². The van der Waals surface area contributed by atoms with E-state index in [0.29, 0.717) is 0 Å². The number of nitrogens with zero attached hydrogens (tertiary/aromatic N) is 1. The second kappa shape index (κ2) is 5.21. The fourth-order valence-corrected chi connectivity index (χ4v) is 2.26. The van der Waals surface area contributed by atoms with Gasteiger partial charge in [-0.25, -0.2) is 0 Å². The van der Waals surface area contributed by atoms with Gasteiger partial charge in [-0.1, -0.05) is 30.3 Å². The third-order valence-corrected chi connectivity index (χ3v) is 3.48. The molecule has 3 aromatic rings. The number of hydrogen-bond donors (Lipinski definition) is 2. The van der Waals surface area contributed by atoms with Crippen molar-refractivity contribution in [2.24, 2.45) is 0 Å². The molecule has 1 heterocycles. The van der Waals surface area contributed by atoms with Gasteiger partial charge in [0, 0.05) is 29.5 Å². The Morgan fingerprint density at radius 3 is 2.80 bits per heavy atom. The third-order valence-electron chi connectivity index (χ3n) is 3.48. The molecule has 0 amide bonds. The van der Waals surface area contributed by atoms with Gasteiger partial charge in [-0.15, -0.1) is 0 Å². The molecule has 0 unspecified atom stereocenters. The maximum absolute atomic E-state index is 5.93. The maximum Gasteiger partial charge on any atom is 0.0751 e. The molecule has 3 nitrogen and oxygen atoms in total. The Morgan fingerprint density at radius 2 is 1.95 bits per heavy atom. The van der Waals surface area contributed by atoms with E-state index in [1.165, 1.54) is 5.56 Å². The first-order valence-electron chi connectivity index (χ1n) is 6.66. The third kappa shape index (κ3) is 2.43. The van der Waals surface area contributed by atoms with Crippen LogP contribution in [0.1, 0.15) is 11.1 Å². The molecule has 100 valence electrons. The van der Waals surface area contributed by atoms with E-state index in [1.54, 1.807) is 0 Å². The van der Waals surface area contributed by atoms with E-state index in [-0.39, 0.29) is 0 Å². The van der Waals surface area contributed by atoms with Crippen molar-refractivity contribution < 1.29 is 0 Å². The Morgan fingerprint density at radius 1 is 1.10 bits per heavy atom. The SMILES string of the molecule is Cc1ccc(NCc2cccc3cccnc23)cc1N. The molecular formula is C17H17N3. The number of pyridine rings is 1. The highest BCUT2D eigenvalue weighted by molar-refractivity contribution is 5.81. The first kappa shape index (κ1) is 12.5. The summed E-state index contributed by atoms with van der Waals surface area (Å²) in [5, 5.41) is 4.56. The summed E-state index contributed by atoms with van der Waals surface area (Å²) in [5.41, 5.74) is 11.1. The topological polar surface area (TPSA) is 50.9 Å². The van der Waals surface area contributed by atoms with Crippen LogP contribution in [0.15, 0.2) is 54.7 Å². The lowest BCUT2D eigenvalue weighted by Gasteiger charge is -2.10. The summed E-state index contributed by atoms with van der Waals surface area (Å²) in [6.45, 7) is 2.74. The van der Waals surface area contributed by atoms with Gasteiger partial charge in [-0.05, 0) is 36.2 Å². The van der Waals surface area contributed by atoms with E-state index in [2.05, 4.69) is 34.6 Å². The predicted octanol–water partition coefficient (Wildman–Crippen LogP) is 3.74. The lowest BCUT2D eigenvalue weighted by Crippen LogP contribution is -2.01. The van der Waals surface area contributed by atoms with Crippen LogP contribution < -0.4 is 11.1 Å². The van der Waals surface area contributed by atoms with E-state index in [4.69, 9.17) is 5.73 Å². The van der Waals surface area contributed by atoms with Crippen molar-refractivity contribution in [3.05, 3.63) is 65.9 Å². The molecule has 3 N–H and O–H groups in total. The largest absolute Gasteiger partial charge is 0.398 e. The quantitative estimate of drug-likeness (QED) is 0.708. The Labute approximate surface area is 118 Å². The zero-order valence-corrected chi connectivity index (χ0v) is 11.4. The number of para-hydroxylation sites is 1. The Hall–Kier alpha value is -2.55. The second-order valence-corrected chi connectivity index (χ2v) is 4.92. The highest BCUT2D eigenvalue weighted by Crippen LogP contribution is 2.20. The van der Waals surface area contributed by atoms with Crippen molar-refractivity contribution in [3.63, 3.8) is 0 Å². The van der Waals surface area contributed by atoms with Crippen LogP contribution in [0, 0.1) is 6.92 Å². The fourth-order valence-electron chi connectivity index (χ4n) is 2.26. The van der Waals surface area contributed by atoms with Gasteiger partial charge in [0.2, 0.25) is 0 Å². The molecule has 0 aliphatic rings. The zero-order valence-electron chi connectivity index (χ0n) is 11.4. The van der Waals surface area contributed by atoms with Crippen molar-refractivity contribution >= 4 is 22.3 Å². The van der Waals surface area contributed by atoms with Crippen molar-refractivity contribution in [1.82, 2.24) is 4.98 Å². The molecule has 3 heteroatoms. The lowest BCUT2D eigenvalue weighted by atomic mass is 10.1.